The van der Waals surface area contributed by atoms with Crippen molar-refractivity contribution in [2.45, 2.75) is 78.7 Å². The maximum Gasteiger partial charge on any atom is 0.0100 e. The van der Waals surface area contributed by atoms with Crippen molar-refractivity contribution in [3.8, 4) is 0 Å². The van der Waals surface area contributed by atoms with Gasteiger partial charge in [-0.3, -0.25) is 0 Å². The molecule has 1 saturated carbocycles. The summed E-state index contributed by atoms with van der Waals surface area (Å²) in [6.45, 7) is 10.7. The van der Waals surface area contributed by atoms with E-state index in [-0.39, 0.29) is 0 Å². The highest BCUT2D eigenvalue weighted by Crippen LogP contribution is 2.33. The van der Waals surface area contributed by atoms with Gasteiger partial charge in [0.25, 0.3) is 0 Å². The molecule has 1 nitrogen and oxygen atoms in total. The zero-order valence-electron chi connectivity index (χ0n) is 12.5. The zero-order valence-corrected chi connectivity index (χ0v) is 12.5. The van der Waals surface area contributed by atoms with Crippen molar-refractivity contribution in [3.63, 3.8) is 0 Å². The van der Waals surface area contributed by atoms with Gasteiger partial charge >= 0.3 is 0 Å². The van der Waals surface area contributed by atoms with Crippen LogP contribution in [0.2, 0.25) is 0 Å². The third-order valence-electron chi connectivity index (χ3n) is 4.46. The summed E-state index contributed by atoms with van der Waals surface area (Å²) in [6.07, 6.45) is 9.78. The Morgan fingerprint density at radius 1 is 1.12 bits per heavy atom. The molecule has 1 fully saturated rings. The van der Waals surface area contributed by atoms with Crippen LogP contribution in [0, 0.1) is 17.8 Å². The minimum absolute atomic E-state index is 0.792. The second-order valence-electron chi connectivity index (χ2n) is 6.45. The molecule has 102 valence electrons. The fraction of sp³-hybridized carbons (Fsp3) is 1.00. The molecule has 1 aliphatic carbocycles. The van der Waals surface area contributed by atoms with Gasteiger partial charge in [0.05, 0.1) is 0 Å². The highest BCUT2D eigenvalue weighted by Gasteiger charge is 2.29. The molecule has 0 spiro atoms. The van der Waals surface area contributed by atoms with E-state index in [1.807, 2.05) is 0 Å². The normalized spacial score (nSPS) is 29.8. The van der Waals surface area contributed by atoms with Crippen LogP contribution in [0.25, 0.3) is 0 Å². The Hall–Kier alpha value is -0.0400. The summed E-state index contributed by atoms with van der Waals surface area (Å²) in [5.74, 6) is 2.69. The van der Waals surface area contributed by atoms with Crippen molar-refractivity contribution in [2.24, 2.45) is 17.8 Å². The lowest BCUT2D eigenvalue weighted by molar-refractivity contribution is 0.170. The van der Waals surface area contributed by atoms with Gasteiger partial charge in [-0.05, 0) is 43.6 Å². The predicted molar refractivity (Wildman–Crippen MR) is 77.3 cm³/mol. The molecular formula is C16H33N. The molecule has 1 N–H and O–H groups in total. The molecule has 0 bridgehead atoms. The molecule has 17 heavy (non-hydrogen) atoms. The highest BCUT2D eigenvalue weighted by atomic mass is 14.9. The van der Waals surface area contributed by atoms with E-state index in [9.17, 15) is 0 Å². The number of hydrogen-bond donors (Lipinski definition) is 1. The Morgan fingerprint density at radius 3 is 2.53 bits per heavy atom. The molecule has 1 rings (SSSR count). The van der Waals surface area contributed by atoms with Gasteiger partial charge in [-0.1, -0.05) is 53.4 Å². The van der Waals surface area contributed by atoms with Crippen molar-refractivity contribution in [1.82, 2.24) is 5.32 Å². The Morgan fingerprint density at radius 2 is 1.88 bits per heavy atom. The van der Waals surface area contributed by atoms with Crippen LogP contribution in [-0.4, -0.2) is 12.6 Å². The highest BCUT2D eigenvalue weighted by molar-refractivity contribution is 4.85. The first kappa shape index (κ1) is 15.0. The van der Waals surface area contributed by atoms with Crippen LogP contribution in [0.3, 0.4) is 0 Å². The zero-order chi connectivity index (χ0) is 12.7. The number of hydrogen-bond acceptors (Lipinski definition) is 1. The molecule has 0 heterocycles. The van der Waals surface area contributed by atoms with Crippen LogP contribution >= 0.6 is 0 Å². The third-order valence-corrected chi connectivity index (χ3v) is 4.46. The molecular weight excluding hydrogens is 206 g/mol. The lowest BCUT2D eigenvalue weighted by atomic mass is 9.74. The van der Waals surface area contributed by atoms with Gasteiger partial charge in [-0.15, -0.1) is 0 Å². The monoisotopic (exact) mass is 239 g/mol. The maximum absolute atomic E-state index is 3.84. The fourth-order valence-electron chi connectivity index (χ4n) is 3.28. The van der Waals surface area contributed by atoms with Crippen molar-refractivity contribution < 1.29 is 0 Å². The standard InChI is InChI=1S/C16H33N/c1-5-6-7-8-11-17-16-12-14(4)9-10-15(16)13(2)3/h13-17H,5-12H2,1-4H3. The van der Waals surface area contributed by atoms with E-state index in [0.29, 0.717) is 0 Å². The van der Waals surface area contributed by atoms with Crippen LogP contribution in [0.5, 0.6) is 0 Å². The number of unbranched alkanes of at least 4 members (excludes halogenated alkanes) is 3. The van der Waals surface area contributed by atoms with Crippen molar-refractivity contribution in [2.75, 3.05) is 6.54 Å². The van der Waals surface area contributed by atoms with E-state index >= 15 is 0 Å². The first-order chi connectivity index (χ1) is 8.15. The fourth-order valence-corrected chi connectivity index (χ4v) is 3.28. The van der Waals surface area contributed by atoms with E-state index in [2.05, 4.69) is 33.0 Å². The van der Waals surface area contributed by atoms with Gasteiger partial charge in [0.2, 0.25) is 0 Å². The summed E-state index contributed by atoms with van der Waals surface area (Å²) in [7, 11) is 0. The Labute approximate surface area is 109 Å². The lowest BCUT2D eigenvalue weighted by Crippen LogP contribution is -2.43. The SMILES string of the molecule is CCCCCCNC1CC(C)CCC1C(C)C. The minimum Gasteiger partial charge on any atom is -0.314 e. The van der Waals surface area contributed by atoms with E-state index in [4.69, 9.17) is 0 Å². The van der Waals surface area contributed by atoms with Gasteiger partial charge in [0.15, 0.2) is 0 Å². The number of rotatable bonds is 7. The van der Waals surface area contributed by atoms with E-state index in [1.54, 1.807) is 0 Å². The lowest BCUT2D eigenvalue weighted by Gasteiger charge is -2.38. The van der Waals surface area contributed by atoms with Crippen LogP contribution < -0.4 is 5.32 Å². The largest absolute Gasteiger partial charge is 0.314 e. The Bertz CT molecular complexity index is 188. The van der Waals surface area contributed by atoms with Gasteiger partial charge in [0, 0.05) is 6.04 Å². The molecule has 1 aliphatic rings. The van der Waals surface area contributed by atoms with Gasteiger partial charge in [0.1, 0.15) is 0 Å². The van der Waals surface area contributed by atoms with Gasteiger partial charge in [-0.25, -0.2) is 0 Å². The molecule has 3 unspecified atom stereocenters. The van der Waals surface area contributed by atoms with Crippen LogP contribution in [0.4, 0.5) is 0 Å². The molecule has 0 aromatic heterocycles. The summed E-state index contributed by atoms with van der Waals surface area (Å²) >= 11 is 0. The van der Waals surface area contributed by atoms with E-state index in [1.165, 1.54) is 51.5 Å². The Kier molecular flexibility index (Phi) is 7.18. The van der Waals surface area contributed by atoms with Crippen LogP contribution in [-0.2, 0) is 0 Å². The molecule has 0 amide bonds. The third kappa shape index (κ3) is 5.42. The van der Waals surface area contributed by atoms with Crippen molar-refractivity contribution in [1.29, 1.82) is 0 Å². The second-order valence-corrected chi connectivity index (χ2v) is 6.45. The van der Waals surface area contributed by atoms with Gasteiger partial charge < -0.3 is 5.32 Å². The molecule has 3 atom stereocenters. The summed E-state index contributed by atoms with van der Waals surface area (Å²) in [6, 6.07) is 0.792. The van der Waals surface area contributed by atoms with Crippen molar-refractivity contribution in [3.05, 3.63) is 0 Å². The molecule has 0 saturated heterocycles. The molecule has 0 aromatic carbocycles. The maximum atomic E-state index is 3.84. The van der Waals surface area contributed by atoms with Crippen LogP contribution in [0.15, 0.2) is 0 Å². The molecule has 0 aliphatic heterocycles. The average Bonchev–Trinajstić information content (AvgIpc) is 2.28. The first-order valence-electron chi connectivity index (χ1n) is 7.88. The quantitative estimate of drug-likeness (QED) is 0.639. The van der Waals surface area contributed by atoms with E-state index < -0.39 is 0 Å². The summed E-state index contributed by atoms with van der Waals surface area (Å²) in [4.78, 5) is 0. The van der Waals surface area contributed by atoms with Gasteiger partial charge in [-0.2, -0.15) is 0 Å². The predicted octanol–water partition coefficient (Wildman–Crippen LogP) is 4.62. The summed E-state index contributed by atoms with van der Waals surface area (Å²) < 4.78 is 0. The minimum atomic E-state index is 0.792. The smallest absolute Gasteiger partial charge is 0.0100 e. The Balaban J connectivity index is 2.26. The first-order valence-corrected chi connectivity index (χ1v) is 7.88. The van der Waals surface area contributed by atoms with E-state index in [0.717, 1.165) is 23.8 Å². The second kappa shape index (κ2) is 8.13. The van der Waals surface area contributed by atoms with Crippen LogP contribution in [0.1, 0.15) is 72.6 Å². The summed E-state index contributed by atoms with van der Waals surface area (Å²) in [5.41, 5.74) is 0. The number of nitrogens with one attached hydrogen (secondary N) is 1. The average molecular weight is 239 g/mol. The molecule has 0 radical (unpaired) electrons. The topological polar surface area (TPSA) is 12.0 Å². The summed E-state index contributed by atoms with van der Waals surface area (Å²) in [5, 5.41) is 3.84. The van der Waals surface area contributed by atoms with Crippen molar-refractivity contribution >= 4 is 0 Å². The molecule has 1 heteroatoms. The molecule has 0 aromatic rings.